The Bertz CT molecular complexity index is 2030. The van der Waals surface area contributed by atoms with Crippen molar-refractivity contribution in [2.45, 2.75) is 0 Å². The molecule has 0 bridgehead atoms. The van der Waals surface area contributed by atoms with E-state index in [1.807, 2.05) is 143 Å². The number of nitrogens with zero attached hydrogens (tertiary/aromatic N) is 8. The number of rotatable bonds is 8. The molecule has 0 radical (unpaired) electrons. The van der Waals surface area contributed by atoms with Crippen molar-refractivity contribution in [2.75, 3.05) is 9.80 Å². The van der Waals surface area contributed by atoms with Gasteiger partial charge in [-0.2, -0.15) is 31.6 Å². The van der Waals surface area contributed by atoms with Crippen molar-refractivity contribution in [3.63, 3.8) is 0 Å². The van der Waals surface area contributed by atoms with E-state index in [0.717, 1.165) is 32.8 Å². The largest absolute Gasteiger partial charge is 0.302 e. The zero-order chi connectivity index (χ0) is 32.5. The van der Waals surface area contributed by atoms with Gasteiger partial charge in [0.05, 0.1) is 11.1 Å². The van der Waals surface area contributed by atoms with Gasteiger partial charge in [0.2, 0.25) is 0 Å². The summed E-state index contributed by atoms with van der Waals surface area (Å²) < 4.78 is 0. The number of allylic oxidation sites excluding steroid dienone is 4. The Hall–Kier alpha value is -6.92. The van der Waals surface area contributed by atoms with Gasteiger partial charge in [0, 0.05) is 32.5 Å². The maximum Gasteiger partial charge on any atom is 0.148 e. The van der Waals surface area contributed by atoms with Crippen molar-refractivity contribution in [3.8, 4) is 36.4 Å². The van der Waals surface area contributed by atoms with Gasteiger partial charge in [-0.1, -0.05) is 36.4 Å². The number of benzene rings is 3. The summed E-state index contributed by atoms with van der Waals surface area (Å²) in [5.41, 5.74) is 2.99. The van der Waals surface area contributed by atoms with E-state index in [4.69, 9.17) is 0 Å². The minimum Gasteiger partial charge on any atom is -0.302 e. The van der Waals surface area contributed by atoms with E-state index in [-0.39, 0.29) is 22.3 Å². The summed E-state index contributed by atoms with van der Waals surface area (Å²) in [7, 11) is 0. The van der Waals surface area contributed by atoms with Crippen LogP contribution in [-0.4, -0.2) is 0 Å². The normalized spacial score (nSPS) is 9.61. The lowest BCUT2D eigenvalue weighted by atomic mass is 10.1. The second kappa shape index (κ2) is 14.0. The zero-order valence-electron chi connectivity index (χ0n) is 23.8. The first kappa shape index (κ1) is 30.5. The fourth-order valence-corrected chi connectivity index (χ4v) is 6.72. The van der Waals surface area contributed by atoms with Gasteiger partial charge in [-0.3, -0.25) is 0 Å². The number of anilines is 6. The molecule has 0 N–H and O–H groups in total. The van der Waals surface area contributed by atoms with Gasteiger partial charge in [-0.05, 0) is 72.8 Å². The van der Waals surface area contributed by atoms with Crippen LogP contribution >= 0.6 is 22.7 Å². The van der Waals surface area contributed by atoms with Gasteiger partial charge in [0.25, 0.3) is 0 Å². The molecule has 0 amide bonds. The van der Waals surface area contributed by atoms with E-state index < -0.39 is 0 Å². The van der Waals surface area contributed by atoms with Crippen LogP contribution in [0.4, 0.5) is 32.8 Å². The van der Waals surface area contributed by atoms with Crippen molar-refractivity contribution in [1.29, 1.82) is 31.6 Å². The van der Waals surface area contributed by atoms with Crippen LogP contribution in [0.5, 0.6) is 0 Å². The van der Waals surface area contributed by atoms with Gasteiger partial charge in [-0.15, -0.1) is 22.7 Å². The Morgan fingerprint density at radius 2 is 0.717 bits per heavy atom. The summed E-state index contributed by atoms with van der Waals surface area (Å²) in [5, 5.41) is 58.4. The summed E-state index contributed by atoms with van der Waals surface area (Å²) in [6.07, 6.45) is 0. The summed E-state index contributed by atoms with van der Waals surface area (Å²) in [6.45, 7) is 0. The molecule has 214 valence electrons. The van der Waals surface area contributed by atoms with Crippen LogP contribution < -0.4 is 9.80 Å². The van der Waals surface area contributed by atoms with Crippen molar-refractivity contribution in [1.82, 2.24) is 0 Å². The van der Waals surface area contributed by atoms with E-state index >= 15 is 0 Å². The van der Waals surface area contributed by atoms with Gasteiger partial charge >= 0.3 is 0 Å². The maximum atomic E-state index is 9.70. The molecule has 0 saturated heterocycles. The molecule has 8 nitrogen and oxygen atoms in total. The fraction of sp³-hybridized carbons (Fsp3) is 0. The van der Waals surface area contributed by atoms with E-state index in [0.29, 0.717) is 9.75 Å². The molecule has 0 atom stereocenters. The molecule has 0 aliphatic rings. The first-order chi connectivity index (χ1) is 22.6. The minimum atomic E-state index is -0.238. The molecule has 0 unspecified atom stereocenters. The summed E-state index contributed by atoms with van der Waals surface area (Å²) >= 11 is 2.60. The zero-order valence-corrected chi connectivity index (χ0v) is 25.4. The molecule has 10 heteroatoms. The number of para-hydroxylation sites is 2. The first-order valence-electron chi connectivity index (χ1n) is 13.5. The molecule has 0 spiro atoms. The smallest absolute Gasteiger partial charge is 0.148 e. The SMILES string of the molecule is N#CC(C#N)=C(C#N)c1ccc(N(c2ccccc2)c2ccc(N(c3ccccc3)c3ccc(C(C#N)=C(C#N)C#N)s3)cc2)s1. The lowest BCUT2D eigenvalue weighted by molar-refractivity contribution is 1.29. The molecule has 46 heavy (non-hydrogen) atoms. The Kier molecular flexibility index (Phi) is 9.32. The fourth-order valence-electron chi connectivity index (χ4n) is 4.62. The molecule has 0 aliphatic carbocycles. The summed E-state index contributed by atoms with van der Waals surface area (Å²) in [4.78, 5) is 5.07. The molecule has 2 aromatic heterocycles. The monoisotopic (exact) mass is 626 g/mol. The molecule has 0 aliphatic heterocycles. The first-order valence-corrected chi connectivity index (χ1v) is 15.1. The lowest BCUT2D eigenvalue weighted by Gasteiger charge is -2.26. The third kappa shape index (κ3) is 6.08. The third-order valence-electron chi connectivity index (χ3n) is 6.68. The second-order valence-corrected chi connectivity index (χ2v) is 11.4. The number of nitriles is 6. The van der Waals surface area contributed by atoms with E-state index in [2.05, 4.69) is 0 Å². The average molecular weight is 627 g/mol. The molecule has 3 aromatic carbocycles. The highest BCUT2D eigenvalue weighted by atomic mass is 32.1. The Balaban J connectivity index is 1.59. The van der Waals surface area contributed by atoms with Crippen LogP contribution in [0.2, 0.25) is 0 Å². The number of thiophene rings is 2. The van der Waals surface area contributed by atoms with Crippen LogP contribution in [0.1, 0.15) is 9.75 Å². The predicted molar refractivity (Wildman–Crippen MR) is 179 cm³/mol. The van der Waals surface area contributed by atoms with E-state index in [9.17, 15) is 31.6 Å². The lowest BCUT2D eigenvalue weighted by Crippen LogP contribution is -2.10. The highest BCUT2D eigenvalue weighted by Gasteiger charge is 2.21. The topological polar surface area (TPSA) is 149 Å². The molecule has 0 fully saturated rings. The van der Waals surface area contributed by atoms with Crippen LogP contribution in [0.25, 0.3) is 11.1 Å². The van der Waals surface area contributed by atoms with Crippen LogP contribution in [0, 0.1) is 68.0 Å². The van der Waals surface area contributed by atoms with Crippen LogP contribution in [0.15, 0.2) is 120 Å². The van der Waals surface area contributed by atoms with Gasteiger partial charge in [0.1, 0.15) is 57.6 Å². The van der Waals surface area contributed by atoms with Gasteiger partial charge in [-0.25, -0.2) is 0 Å². The molecular weight excluding hydrogens is 609 g/mol. The number of hydrogen-bond acceptors (Lipinski definition) is 10. The summed E-state index contributed by atoms with van der Waals surface area (Å²) in [6, 6.07) is 45.7. The Morgan fingerprint density at radius 3 is 1.02 bits per heavy atom. The third-order valence-corrected chi connectivity index (χ3v) is 8.86. The highest BCUT2D eigenvalue weighted by molar-refractivity contribution is 7.17. The molecule has 0 saturated carbocycles. The van der Waals surface area contributed by atoms with Gasteiger partial charge < -0.3 is 9.80 Å². The van der Waals surface area contributed by atoms with Crippen LogP contribution in [0.3, 0.4) is 0 Å². The second-order valence-electron chi connectivity index (χ2n) is 9.30. The van der Waals surface area contributed by atoms with Crippen molar-refractivity contribution in [2.24, 2.45) is 0 Å². The molecular formula is C36H18N8S2. The van der Waals surface area contributed by atoms with Gasteiger partial charge in [0.15, 0.2) is 0 Å². The molecule has 2 heterocycles. The van der Waals surface area contributed by atoms with Crippen molar-refractivity contribution in [3.05, 3.63) is 130 Å². The average Bonchev–Trinajstić information content (AvgIpc) is 3.78. The van der Waals surface area contributed by atoms with E-state index in [1.54, 1.807) is 12.1 Å². The minimum absolute atomic E-state index is 0.0319. The number of hydrogen-bond donors (Lipinski definition) is 0. The Morgan fingerprint density at radius 1 is 0.391 bits per heavy atom. The standard InChI is InChI=1S/C36H18N8S2/c37-19-25(20-38)31(23-41)33-15-17-35(45-33)43(27-7-3-1-4-8-27)29-11-13-30(14-12-29)44(28-9-5-2-6-10-28)36-18-16-34(46-36)32(24-42)26(21-39)22-40/h1-18H. The van der Waals surface area contributed by atoms with Crippen molar-refractivity contribution < 1.29 is 0 Å². The predicted octanol–water partition coefficient (Wildman–Crippen LogP) is 9.40. The summed E-state index contributed by atoms with van der Waals surface area (Å²) in [5.74, 6) is 0. The Labute approximate surface area is 273 Å². The molecule has 5 rings (SSSR count). The van der Waals surface area contributed by atoms with Crippen LogP contribution in [-0.2, 0) is 0 Å². The highest BCUT2D eigenvalue weighted by Crippen LogP contribution is 2.44. The quantitative estimate of drug-likeness (QED) is 0.155. The molecule has 5 aromatic rings. The maximum absolute atomic E-state index is 9.70. The van der Waals surface area contributed by atoms with Crippen molar-refractivity contribution >= 4 is 66.6 Å². The van der Waals surface area contributed by atoms with E-state index in [1.165, 1.54) is 22.7 Å².